The topological polar surface area (TPSA) is 56.7 Å². The normalized spacial score (nSPS) is 11.6. The molecule has 0 spiro atoms. The molecule has 0 atom stereocenters. The van der Waals surface area contributed by atoms with Gasteiger partial charge in [0.05, 0.1) is 28.1 Å². The van der Waals surface area contributed by atoms with Crippen LogP contribution in [0.5, 0.6) is 0 Å². The van der Waals surface area contributed by atoms with E-state index in [1.807, 2.05) is 113 Å². The monoisotopic (exact) mass is 792 g/mol. The molecule has 0 saturated heterocycles. The van der Waals surface area contributed by atoms with Crippen LogP contribution in [0.15, 0.2) is 114 Å². The van der Waals surface area contributed by atoms with Crippen LogP contribution in [0.2, 0.25) is 0 Å². The van der Waals surface area contributed by atoms with E-state index in [-0.39, 0.29) is 20.1 Å². The van der Waals surface area contributed by atoms with Crippen LogP contribution >= 0.6 is 0 Å². The number of pyridine rings is 2. The number of aryl methyl sites for hydroxylation is 3. The van der Waals surface area contributed by atoms with E-state index in [2.05, 4.69) is 46.8 Å². The Morgan fingerprint density at radius 2 is 1.57 bits per heavy atom. The van der Waals surface area contributed by atoms with Crippen LogP contribution in [-0.4, -0.2) is 19.5 Å². The zero-order valence-electron chi connectivity index (χ0n) is 27.9. The molecule has 235 valence electrons. The maximum atomic E-state index is 8.43. The SMILES string of the molecule is [2H]C(C)(C)c1ccc2c(c1)oc1c(-c3nc4c(C)c(C)nc(C)c4n3-c3ccccc3)[c-]ccc12.[Ir].[c-]1ccccc1-c1ccccn1. The minimum absolute atomic E-state index is 0. The first-order chi connectivity index (χ1) is 22.7. The molecule has 8 aromatic rings. The van der Waals surface area contributed by atoms with Crippen LogP contribution in [0.4, 0.5) is 0 Å². The molecule has 0 aliphatic carbocycles. The number of imidazole rings is 1. The summed E-state index contributed by atoms with van der Waals surface area (Å²) in [5.74, 6) is 0.0686. The van der Waals surface area contributed by atoms with Crippen molar-refractivity contribution in [3.8, 4) is 28.3 Å². The van der Waals surface area contributed by atoms with Gasteiger partial charge in [0.1, 0.15) is 5.58 Å². The second-order valence-electron chi connectivity index (χ2n) is 11.6. The van der Waals surface area contributed by atoms with Gasteiger partial charge in [-0.05, 0) is 67.8 Å². The van der Waals surface area contributed by atoms with Crippen molar-refractivity contribution in [3.63, 3.8) is 0 Å². The summed E-state index contributed by atoms with van der Waals surface area (Å²) in [6.45, 7) is 9.92. The summed E-state index contributed by atoms with van der Waals surface area (Å²) in [6, 6.07) is 40.5. The third-order valence-electron chi connectivity index (χ3n) is 8.35. The van der Waals surface area contributed by atoms with Crippen LogP contribution in [0.25, 0.3) is 61.3 Å². The first-order valence-electron chi connectivity index (χ1n) is 15.9. The maximum Gasteiger partial charge on any atom is 0.121 e. The van der Waals surface area contributed by atoms with E-state index < -0.39 is 5.89 Å². The van der Waals surface area contributed by atoms with E-state index in [4.69, 9.17) is 15.8 Å². The van der Waals surface area contributed by atoms with Gasteiger partial charge in [0.15, 0.2) is 0 Å². The van der Waals surface area contributed by atoms with Gasteiger partial charge in [-0.3, -0.25) is 9.97 Å². The van der Waals surface area contributed by atoms with Crippen LogP contribution in [0.3, 0.4) is 0 Å². The molecule has 4 heterocycles. The summed E-state index contributed by atoms with van der Waals surface area (Å²) in [6.07, 6.45) is 1.79. The molecular formula is C41H34IrN4O-2. The number of rotatable bonds is 4. The molecule has 0 N–H and O–H groups in total. The predicted molar refractivity (Wildman–Crippen MR) is 187 cm³/mol. The van der Waals surface area contributed by atoms with Crippen LogP contribution in [0.1, 0.15) is 43.6 Å². The summed E-state index contributed by atoms with van der Waals surface area (Å²) in [4.78, 5) is 14.2. The molecule has 0 amide bonds. The predicted octanol–water partition coefficient (Wildman–Crippen LogP) is 10.4. The van der Waals surface area contributed by atoms with Gasteiger partial charge < -0.3 is 14.0 Å². The zero-order valence-corrected chi connectivity index (χ0v) is 29.3. The summed E-state index contributed by atoms with van der Waals surface area (Å²) < 4.78 is 17.1. The van der Waals surface area contributed by atoms with Gasteiger partial charge in [-0.2, -0.15) is 0 Å². The second kappa shape index (κ2) is 13.4. The van der Waals surface area contributed by atoms with Crippen molar-refractivity contribution in [2.75, 3.05) is 0 Å². The van der Waals surface area contributed by atoms with Crippen molar-refractivity contribution in [1.29, 1.82) is 0 Å². The molecule has 1 radical (unpaired) electrons. The van der Waals surface area contributed by atoms with Gasteiger partial charge in [0, 0.05) is 44.4 Å². The van der Waals surface area contributed by atoms with Crippen LogP contribution in [-0.2, 0) is 20.1 Å². The smallest absolute Gasteiger partial charge is 0.121 e. The molecule has 0 aliphatic rings. The number of furan rings is 1. The van der Waals surface area contributed by atoms with E-state index in [0.717, 1.165) is 83.8 Å². The van der Waals surface area contributed by atoms with Crippen LogP contribution in [0, 0.1) is 32.9 Å². The molecule has 4 aromatic carbocycles. The molecule has 0 unspecified atom stereocenters. The van der Waals surface area contributed by atoms with Crippen LogP contribution < -0.4 is 0 Å². The van der Waals surface area contributed by atoms with Gasteiger partial charge in [0.25, 0.3) is 0 Å². The van der Waals surface area contributed by atoms with E-state index in [1.54, 1.807) is 6.20 Å². The Morgan fingerprint density at radius 3 is 2.30 bits per heavy atom. The molecule has 0 aliphatic heterocycles. The summed E-state index contributed by atoms with van der Waals surface area (Å²) in [7, 11) is 0. The summed E-state index contributed by atoms with van der Waals surface area (Å²) >= 11 is 0. The van der Waals surface area contributed by atoms with Crippen molar-refractivity contribution >= 4 is 33.0 Å². The fraction of sp³-hybridized carbons (Fsp3) is 0.146. The summed E-state index contributed by atoms with van der Waals surface area (Å²) in [5, 5.41) is 2.04. The van der Waals surface area contributed by atoms with Crippen molar-refractivity contribution in [2.45, 2.75) is 40.5 Å². The Labute approximate surface area is 290 Å². The Kier molecular flexibility index (Phi) is 8.80. The second-order valence-corrected chi connectivity index (χ2v) is 11.6. The average Bonchev–Trinajstić information content (AvgIpc) is 3.68. The van der Waals surface area contributed by atoms with E-state index in [1.165, 1.54) is 0 Å². The molecular weight excluding hydrogens is 757 g/mol. The van der Waals surface area contributed by atoms with Gasteiger partial charge in [-0.25, -0.2) is 0 Å². The molecule has 6 heteroatoms. The van der Waals surface area contributed by atoms with Crippen molar-refractivity contribution in [3.05, 3.63) is 144 Å². The minimum atomic E-state index is -0.705. The molecule has 0 saturated carbocycles. The first kappa shape index (κ1) is 30.7. The molecule has 4 aromatic heterocycles. The molecule has 0 fully saturated rings. The molecule has 0 bridgehead atoms. The Hall–Kier alpha value is -4.90. The largest absolute Gasteiger partial charge is 0.501 e. The number of aromatic nitrogens is 4. The van der Waals surface area contributed by atoms with E-state index in [0.29, 0.717) is 0 Å². The molecule has 5 nitrogen and oxygen atoms in total. The maximum absolute atomic E-state index is 8.43. The van der Waals surface area contributed by atoms with Crippen molar-refractivity contribution < 1.29 is 25.9 Å². The third-order valence-corrected chi connectivity index (χ3v) is 8.35. The number of hydrogen-bond donors (Lipinski definition) is 0. The number of hydrogen-bond acceptors (Lipinski definition) is 4. The van der Waals surface area contributed by atoms with E-state index >= 15 is 0 Å². The fourth-order valence-electron chi connectivity index (χ4n) is 5.86. The van der Waals surface area contributed by atoms with Gasteiger partial charge in [0.2, 0.25) is 0 Å². The molecule has 47 heavy (non-hydrogen) atoms. The fourth-order valence-corrected chi connectivity index (χ4v) is 5.86. The van der Waals surface area contributed by atoms with Crippen molar-refractivity contribution in [1.82, 2.24) is 19.5 Å². The third kappa shape index (κ3) is 6.03. The Bertz CT molecular complexity index is 2320. The molecule has 8 rings (SSSR count). The first-order valence-corrected chi connectivity index (χ1v) is 15.4. The van der Waals surface area contributed by atoms with E-state index in [9.17, 15) is 0 Å². The quantitative estimate of drug-likeness (QED) is 0.167. The summed E-state index contributed by atoms with van der Waals surface area (Å²) in [5.41, 5.74) is 11.2. The number of nitrogens with zero attached hydrogens (tertiary/aromatic N) is 4. The number of benzene rings is 4. The average molecular weight is 792 g/mol. The van der Waals surface area contributed by atoms with Gasteiger partial charge in [-0.1, -0.05) is 67.3 Å². The van der Waals surface area contributed by atoms with Gasteiger partial charge >= 0.3 is 0 Å². The number of para-hydroxylation sites is 1. The zero-order chi connectivity index (χ0) is 32.7. The van der Waals surface area contributed by atoms with Gasteiger partial charge in [-0.15, -0.1) is 54.1 Å². The standard InChI is InChI=1S/C30H26N3O.C11H8N.Ir/c1-17(2)21-14-15-23-24-12-9-13-25(29(24)34-26(23)16-21)30-32-27-18(3)19(4)31-20(5)28(27)33(30)22-10-7-6-8-11-22;1-2-6-10(7-3-1)11-8-4-5-9-12-11;/h6-12,14-17H,1-5H3;1-6,8-9H;/q2*-1;/i17D;;. The minimum Gasteiger partial charge on any atom is -0.501 e. The number of fused-ring (bicyclic) bond motifs is 4. The Morgan fingerprint density at radius 1 is 0.787 bits per heavy atom. The Balaban J connectivity index is 0.000000260. The van der Waals surface area contributed by atoms with Crippen molar-refractivity contribution in [2.24, 2.45) is 0 Å².